The lowest BCUT2D eigenvalue weighted by atomic mass is 10.0. The molecule has 0 saturated carbocycles. The molecule has 2 aromatic rings. The molecular weight excluding hydrogens is 326 g/mol. The highest BCUT2D eigenvalue weighted by atomic mass is 79.9. The first-order valence-corrected chi connectivity index (χ1v) is 7.33. The van der Waals surface area contributed by atoms with Gasteiger partial charge in [0, 0.05) is 21.9 Å². The maximum absolute atomic E-state index is 5.99. The van der Waals surface area contributed by atoms with Crippen LogP contribution in [-0.2, 0) is 0 Å². The summed E-state index contributed by atoms with van der Waals surface area (Å²) in [4.78, 5) is 8.54. The molecule has 0 bridgehead atoms. The minimum Gasteiger partial charge on any atom is -0.305 e. The fraction of sp³-hybridized carbons (Fsp3) is 0.286. The lowest BCUT2D eigenvalue weighted by molar-refractivity contribution is 0.582. The highest BCUT2D eigenvalue weighted by Crippen LogP contribution is 2.29. The number of hydrogen-bond acceptors (Lipinski definition) is 3. The number of aromatic nitrogens is 2. The van der Waals surface area contributed by atoms with E-state index in [4.69, 9.17) is 11.6 Å². The Balaban J connectivity index is 2.37. The van der Waals surface area contributed by atoms with E-state index >= 15 is 0 Å². The molecule has 0 aliphatic heterocycles. The minimum atomic E-state index is 0.0142. The molecule has 19 heavy (non-hydrogen) atoms. The number of nitrogens with zero attached hydrogens (tertiary/aromatic N) is 2. The third-order valence-corrected chi connectivity index (χ3v) is 3.67. The molecule has 1 N–H and O–H groups in total. The summed E-state index contributed by atoms with van der Waals surface area (Å²) in [5.41, 5.74) is 2.01. The Bertz CT molecular complexity index is 533. The van der Waals surface area contributed by atoms with E-state index in [1.165, 1.54) is 0 Å². The summed E-state index contributed by atoms with van der Waals surface area (Å²) in [5, 5.41) is 4.20. The first-order chi connectivity index (χ1) is 9.22. The molecule has 5 heteroatoms. The molecular formula is C14H15BrClN3. The summed E-state index contributed by atoms with van der Waals surface area (Å²) in [7, 11) is 0. The number of benzene rings is 1. The zero-order valence-corrected chi connectivity index (χ0v) is 12.9. The van der Waals surface area contributed by atoms with E-state index in [1.807, 2.05) is 18.2 Å². The standard InChI is InChI=1S/C14H15BrClN3/c1-2-5-19-14(13-9-17-6-7-18-13)11-4-3-10(16)8-12(11)15/h3-4,6-9,14,19H,2,5H2,1H3. The van der Waals surface area contributed by atoms with Crippen LogP contribution < -0.4 is 5.32 Å². The molecule has 1 heterocycles. The first kappa shape index (κ1) is 14.4. The highest BCUT2D eigenvalue weighted by Gasteiger charge is 2.17. The van der Waals surface area contributed by atoms with Crippen molar-refractivity contribution in [3.05, 3.63) is 57.5 Å². The van der Waals surface area contributed by atoms with Crippen molar-refractivity contribution in [1.29, 1.82) is 0 Å². The van der Waals surface area contributed by atoms with E-state index in [2.05, 4.69) is 38.1 Å². The molecule has 1 atom stereocenters. The molecule has 2 rings (SSSR count). The summed E-state index contributed by atoms with van der Waals surface area (Å²) in [5.74, 6) is 0. The van der Waals surface area contributed by atoms with Crippen LogP contribution in [0.25, 0.3) is 0 Å². The van der Waals surface area contributed by atoms with Crippen LogP contribution in [-0.4, -0.2) is 16.5 Å². The van der Waals surface area contributed by atoms with Crippen LogP contribution in [0.1, 0.15) is 30.6 Å². The van der Waals surface area contributed by atoms with Gasteiger partial charge in [-0.25, -0.2) is 0 Å². The normalized spacial score (nSPS) is 12.4. The van der Waals surface area contributed by atoms with Gasteiger partial charge in [0.1, 0.15) is 0 Å². The van der Waals surface area contributed by atoms with Crippen LogP contribution in [0, 0.1) is 0 Å². The first-order valence-electron chi connectivity index (χ1n) is 6.16. The van der Waals surface area contributed by atoms with Gasteiger partial charge >= 0.3 is 0 Å². The van der Waals surface area contributed by atoms with E-state index in [-0.39, 0.29) is 6.04 Å². The largest absolute Gasteiger partial charge is 0.305 e. The van der Waals surface area contributed by atoms with Crippen molar-refractivity contribution in [3.63, 3.8) is 0 Å². The quantitative estimate of drug-likeness (QED) is 0.894. The van der Waals surface area contributed by atoms with Gasteiger partial charge in [-0.3, -0.25) is 9.97 Å². The predicted octanol–water partition coefficient (Wildman–Crippen LogP) is 3.98. The Labute approximate surface area is 126 Å². The van der Waals surface area contributed by atoms with E-state index in [1.54, 1.807) is 18.6 Å². The molecule has 1 unspecified atom stereocenters. The molecule has 0 fully saturated rings. The zero-order chi connectivity index (χ0) is 13.7. The lowest BCUT2D eigenvalue weighted by Gasteiger charge is -2.19. The minimum absolute atomic E-state index is 0.0142. The summed E-state index contributed by atoms with van der Waals surface area (Å²) >= 11 is 9.56. The molecule has 100 valence electrons. The van der Waals surface area contributed by atoms with Crippen molar-refractivity contribution in [1.82, 2.24) is 15.3 Å². The van der Waals surface area contributed by atoms with Gasteiger partial charge in [-0.2, -0.15) is 0 Å². The van der Waals surface area contributed by atoms with Gasteiger partial charge in [0.2, 0.25) is 0 Å². The number of nitrogens with one attached hydrogen (secondary N) is 1. The van der Waals surface area contributed by atoms with Crippen LogP contribution in [0.5, 0.6) is 0 Å². The fourth-order valence-corrected chi connectivity index (χ4v) is 2.77. The van der Waals surface area contributed by atoms with Crippen molar-refractivity contribution in [2.24, 2.45) is 0 Å². The monoisotopic (exact) mass is 339 g/mol. The third-order valence-electron chi connectivity index (χ3n) is 2.75. The smallest absolute Gasteiger partial charge is 0.0801 e. The van der Waals surface area contributed by atoms with Crippen LogP contribution in [0.15, 0.2) is 41.3 Å². The predicted molar refractivity (Wildman–Crippen MR) is 81.3 cm³/mol. The van der Waals surface area contributed by atoms with Gasteiger partial charge in [-0.05, 0) is 30.7 Å². The molecule has 0 amide bonds. The SMILES string of the molecule is CCCNC(c1cnccn1)c1ccc(Cl)cc1Br. The maximum atomic E-state index is 5.99. The molecule has 3 nitrogen and oxygen atoms in total. The van der Waals surface area contributed by atoms with Crippen molar-refractivity contribution < 1.29 is 0 Å². The molecule has 0 radical (unpaired) electrons. The molecule has 1 aromatic carbocycles. The second kappa shape index (κ2) is 6.98. The van der Waals surface area contributed by atoms with Crippen molar-refractivity contribution in [3.8, 4) is 0 Å². The van der Waals surface area contributed by atoms with Gasteiger partial charge in [0.05, 0.1) is 17.9 Å². The summed E-state index contributed by atoms with van der Waals surface area (Å²) < 4.78 is 0.972. The van der Waals surface area contributed by atoms with E-state index in [9.17, 15) is 0 Å². The average molecular weight is 341 g/mol. The van der Waals surface area contributed by atoms with Gasteiger partial charge in [0.25, 0.3) is 0 Å². The summed E-state index contributed by atoms with van der Waals surface area (Å²) in [6.07, 6.45) is 6.23. The van der Waals surface area contributed by atoms with E-state index in [0.717, 1.165) is 28.7 Å². The number of rotatable bonds is 5. The van der Waals surface area contributed by atoms with Crippen LogP contribution in [0.2, 0.25) is 5.02 Å². The summed E-state index contributed by atoms with van der Waals surface area (Å²) in [6, 6.07) is 5.81. The Hall–Kier alpha value is -0.970. The second-order valence-electron chi connectivity index (χ2n) is 4.18. The van der Waals surface area contributed by atoms with Crippen LogP contribution in [0.4, 0.5) is 0 Å². The van der Waals surface area contributed by atoms with Crippen molar-refractivity contribution in [2.75, 3.05) is 6.54 Å². The van der Waals surface area contributed by atoms with Gasteiger partial charge < -0.3 is 5.32 Å². The molecule has 0 spiro atoms. The maximum Gasteiger partial charge on any atom is 0.0801 e. The Morgan fingerprint density at radius 3 is 2.84 bits per heavy atom. The van der Waals surface area contributed by atoms with E-state index < -0.39 is 0 Å². The zero-order valence-electron chi connectivity index (χ0n) is 10.6. The highest BCUT2D eigenvalue weighted by molar-refractivity contribution is 9.10. The molecule has 1 aromatic heterocycles. The number of halogens is 2. The average Bonchev–Trinajstić information content (AvgIpc) is 2.42. The number of hydrogen-bond donors (Lipinski definition) is 1. The van der Waals surface area contributed by atoms with Crippen LogP contribution in [0.3, 0.4) is 0 Å². The van der Waals surface area contributed by atoms with Gasteiger partial charge in [-0.1, -0.05) is 40.5 Å². The third kappa shape index (κ3) is 3.75. The Morgan fingerprint density at radius 2 is 2.21 bits per heavy atom. The molecule has 0 aliphatic rings. The Morgan fingerprint density at radius 1 is 1.37 bits per heavy atom. The van der Waals surface area contributed by atoms with Crippen molar-refractivity contribution >= 4 is 27.5 Å². The van der Waals surface area contributed by atoms with Crippen molar-refractivity contribution in [2.45, 2.75) is 19.4 Å². The molecule has 0 aliphatic carbocycles. The Kier molecular flexibility index (Phi) is 5.31. The topological polar surface area (TPSA) is 37.8 Å². The van der Waals surface area contributed by atoms with E-state index in [0.29, 0.717) is 5.02 Å². The van der Waals surface area contributed by atoms with Crippen LogP contribution >= 0.6 is 27.5 Å². The fourth-order valence-electron chi connectivity index (χ4n) is 1.86. The molecule has 0 saturated heterocycles. The lowest BCUT2D eigenvalue weighted by Crippen LogP contribution is -2.24. The van der Waals surface area contributed by atoms with Gasteiger partial charge in [0.15, 0.2) is 0 Å². The second-order valence-corrected chi connectivity index (χ2v) is 5.47. The van der Waals surface area contributed by atoms with Gasteiger partial charge in [-0.15, -0.1) is 0 Å². The summed E-state index contributed by atoms with van der Waals surface area (Å²) in [6.45, 7) is 3.05.